The molecular formula is C20H26N4O2. The molecule has 6 heteroatoms. The zero-order chi connectivity index (χ0) is 18.8. The highest BCUT2D eigenvalue weighted by Gasteiger charge is 2.31. The SMILES string of the molecule is Cc1ccc(N2CCN(C(=O)C(C)n3ccnc3C(C)C)CC2=O)cc1. The first-order valence-corrected chi connectivity index (χ1v) is 9.07. The van der Waals surface area contributed by atoms with Crippen LogP contribution in [0.4, 0.5) is 5.69 Å². The number of carbonyl (C=O) groups is 2. The molecule has 1 unspecified atom stereocenters. The van der Waals surface area contributed by atoms with Crippen molar-refractivity contribution in [2.24, 2.45) is 0 Å². The van der Waals surface area contributed by atoms with E-state index in [0.717, 1.165) is 17.1 Å². The predicted molar refractivity (Wildman–Crippen MR) is 101 cm³/mol. The fourth-order valence-electron chi connectivity index (χ4n) is 3.34. The van der Waals surface area contributed by atoms with E-state index < -0.39 is 0 Å². The number of amides is 2. The molecular weight excluding hydrogens is 328 g/mol. The Morgan fingerprint density at radius 3 is 2.42 bits per heavy atom. The Bertz CT molecular complexity index is 794. The van der Waals surface area contributed by atoms with E-state index in [9.17, 15) is 9.59 Å². The van der Waals surface area contributed by atoms with Gasteiger partial charge in [0.05, 0.1) is 0 Å². The van der Waals surface area contributed by atoms with E-state index in [1.54, 1.807) is 16.0 Å². The monoisotopic (exact) mass is 354 g/mol. The van der Waals surface area contributed by atoms with E-state index >= 15 is 0 Å². The molecule has 0 saturated carbocycles. The van der Waals surface area contributed by atoms with Crippen molar-refractivity contribution in [1.82, 2.24) is 14.5 Å². The van der Waals surface area contributed by atoms with Gasteiger partial charge in [-0.05, 0) is 26.0 Å². The van der Waals surface area contributed by atoms with Crippen molar-refractivity contribution < 1.29 is 9.59 Å². The fraction of sp³-hybridized carbons (Fsp3) is 0.450. The first-order valence-electron chi connectivity index (χ1n) is 9.07. The lowest BCUT2D eigenvalue weighted by molar-refractivity contribution is -0.139. The average Bonchev–Trinajstić information content (AvgIpc) is 3.11. The number of rotatable bonds is 4. The van der Waals surface area contributed by atoms with Gasteiger partial charge in [0.1, 0.15) is 18.4 Å². The Morgan fingerprint density at radius 1 is 1.12 bits per heavy atom. The van der Waals surface area contributed by atoms with Crippen molar-refractivity contribution in [3.05, 3.63) is 48.0 Å². The number of carbonyl (C=O) groups excluding carboxylic acids is 2. The van der Waals surface area contributed by atoms with E-state index in [1.165, 1.54) is 0 Å². The van der Waals surface area contributed by atoms with Crippen molar-refractivity contribution in [2.45, 2.75) is 39.7 Å². The van der Waals surface area contributed by atoms with Crippen LogP contribution in [0.2, 0.25) is 0 Å². The minimum Gasteiger partial charge on any atom is -0.330 e. The number of anilines is 1. The molecule has 0 N–H and O–H groups in total. The van der Waals surface area contributed by atoms with Gasteiger partial charge >= 0.3 is 0 Å². The van der Waals surface area contributed by atoms with Gasteiger partial charge in [-0.3, -0.25) is 9.59 Å². The minimum absolute atomic E-state index is 0.0400. The highest BCUT2D eigenvalue weighted by Crippen LogP contribution is 2.22. The topological polar surface area (TPSA) is 58.4 Å². The van der Waals surface area contributed by atoms with Crippen LogP contribution in [0.1, 0.15) is 44.1 Å². The maximum Gasteiger partial charge on any atom is 0.246 e. The molecule has 138 valence electrons. The molecule has 0 bridgehead atoms. The van der Waals surface area contributed by atoms with Crippen LogP contribution in [0.15, 0.2) is 36.7 Å². The summed E-state index contributed by atoms with van der Waals surface area (Å²) < 4.78 is 1.91. The second-order valence-electron chi connectivity index (χ2n) is 7.16. The molecule has 0 radical (unpaired) electrons. The molecule has 2 amide bonds. The second-order valence-corrected chi connectivity index (χ2v) is 7.16. The number of benzene rings is 1. The van der Waals surface area contributed by atoms with Crippen molar-refractivity contribution in [2.75, 3.05) is 24.5 Å². The maximum absolute atomic E-state index is 12.9. The van der Waals surface area contributed by atoms with Crippen LogP contribution in [0.5, 0.6) is 0 Å². The Balaban J connectivity index is 1.70. The molecule has 1 aliphatic heterocycles. The number of piperazine rings is 1. The number of nitrogens with zero attached hydrogens (tertiary/aromatic N) is 4. The summed E-state index contributed by atoms with van der Waals surface area (Å²) in [6.07, 6.45) is 3.56. The molecule has 1 saturated heterocycles. The van der Waals surface area contributed by atoms with Crippen LogP contribution in [0.3, 0.4) is 0 Å². The van der Waals surface area contributed by atoms with Crippen LogP contribution in [0, 0.1) is 6.92 Å². The first kappa shape index (κ1) is 18.2. The van der Waals surface area contributed by atoms with Gasteiger partial charge in [-0.25, -0.2) is 4.98 Å². The molecule has 2 heterocycles. The van der Waals surface area contributed by atoms with Gasteiger partial charge in [-0.2, -0.15) is 0 Å². The van der Waals surface area contributed by atoms with Gasteiger partial charge < -0.3 is 14.4 Å². The molecule has 3 rings (SSSR count). The quantitative estimate of drug-likeness (QED) is 0.848. The van der Waals surface area contributed by atoms with Gasteiger partial charge in [0.15, 0.2) is 0 Å². The molecule has 1 atom stereocenters. The van der Waals surface area contributed by atoms with Crippen LogP contribution in [0.25, 0.3) is 0 Å². The largest absolute Gasteiger partial charge is 0.330 e. The minimum atomic E-state index is -0.367. The predicted octanol–water partition coefficient (Wildman–Crippen LogP) is 2.75. The molecule has 1 fully saturated rings. The fourth-order valence-corrected chi connectivity index (χ4v) is 3.34. The summed E-state index contributed by atoms with van der Waals surface area (Å²) >= 11 is 0. The summed E-state index contributed by atoms with van der Waals surface area (Å²) in [6, 6.07) is 7.53. The lowest BCUT2D eigenvalue weighted by Crippen LogP contribution is -2.53. The van der Waals surface area contributed by atoms with Gasteiger partial charge in [0, 0.05) is 37.1 Å². The third-order valence-electron chi connectivity index (χ3n) is 4.87. The lowest BCUT2D eigenvalue weighted by atomic mass is 10.1. The van der Waals surface area contributed by atoms with Crippen LogP contribution in [-0.2, 0) is 9.59 Å². The third-order valence-corrected chi connectivity index (χ3v) is 4.87. The molecule has 1 aliphatic rings. The Labute approximate surface area is 154 Å². The van der Waals surface area contributed by atoms with Crippen molar-refractivity contribution in [1.29, 1.82) is 0 Å². The highest BCUT2D eigenvalue weighted by atomic mass is 16.2. The van der Waals surface area contributed by atoms with Crippen molar-refractivity contribution >= 4 is 17.5 Å². The zero-order valence-electron chi connectivity index (χ0n) is 15.8. The number of hydrogen-bond donors (Lipinski definition) is 0. The third kappa shape index (κ3) is 3.49. The highest BCUT2D eigenvalue weighted by molar-refractivity contribution is 5.98. The molecule has 0 spiro atoms. The number of hydrogen-bond acceptors (Lipinski definition) is 3. The summed E-state index contributed by atoms with van der Waals surface area (Å²) in [7, 11) is 0. The van der Waals surface area contributed by atoms with Crippen LogP contribution in [-0.4, -0.2) is 45.9 Å². The van der Waals surface area contributed by atoms with Gasteiger partial charge in [0.25, 0.3) is 0 Å². The van der Waals surface area contributed by atoms with Gasteiger partial charge in [-0.1, -0.05) is 31.5 Å². The molecule has 2 aromatic rings. The van der Waals surface area contributed by atoms with E-state index in [1.807, 2.05) is 48.9 Å². The maximum atomic E-state index is 12.9. The summed E-state index contributed by atoms with van der Waals surface area (Å²) in [5, 5.41) is 0. The standard InChI is InChI=1S/C20H26N4O2/c1-14(2)19-21-9-10-23(19)16(4)20(26)22-11-12-24(18(25)13-22)17-7-5-15(3)6-8-17/h5-10,14,16H,11-13H2,1-4H3. The van der Waals surface area contributed by atoms with Gasteiger partial charge in [-0.15, -0.1) is 0 Å². The Morgan fingerprint density at radius 2 is 1.81 bits per heavy atom. The number of imidazole rings is 1. The van der Waals surface area contributed by atoms with E-state index in [4.69, 9.17) is 0 Å². The molecule has 1 aromatic heterocycles. The zero-order valence-corrected chi connectivity index (χ0v) is 15.8. The van der Waals surface area contributed by atoms with E-state index in [0.29, 0.717) is 13.1 Å². The van der Waals surface area contributed by atoms with Crippen LogP contribution >= 0.6 is 0 Å². The van der Waals surface area contributed by atoms with Gasteiger partial charge in [0.2, 0.25) is 11.8 Å². The van der Waals surface area contributed by atoms with Crippen molar-refractivity contribution in [3.8, 4) is 0 Å². The molecule has 26 heavy (non-hydrogen) atoms. The van der Waals surface area contributed by atoms with E-state index in [2.05, 4.69) is 18.8 Å². The molecule has 1 aromatic carbocycles. The molecule has 0 aliphatic carbocycles. The summed E-state index contributed by atoms with van der Waals surface area (Å²) in [5.74, 6) is 1.04. The second kappa shape index (κ2) is 7.32. The molecule has 6 nitrogen and oxygen atoms in total. The van der Waals surface area contributed by atoms with Crippen LogP contribution < -0.4 is 4.90 Å². The lowest BCUT2D eigenvalue weighted by Gasteiger charge is -2.36. The average molecular weight is 354 g/mol. The number of aromatic nitrogens is 2. The number of aryl methyl sites for hydroxylation is 1. The summed E-state index contributed by atoms with van der Waals surface area (Å²) in [6.45, 7) is 9.16. The van der Waals surface area contributed by atoms with Crippen molar-refractivity contribution in [3.63, 3.8) is 0 Å². The Hall–Kier alpha value is -2.63. The summed E-state index contributed by atoms with van der Waals surface area (Å²) in [5.41, 5.74) is 2.04. The normalized spacial score (nSPS) is 16.3. The Kier molecular flexibility index (Phi) is 5.11. The smallest absolute Gasteiger partial charge is 0.246 e. The van der Waals surface area contributed by atoms with E-state index in [-0.39, 0.29) is 30.3 Å². The first-order chi connectivity index (χ1) is 12.4. The summed E-state index contributed by atoms with van der Waals surface area (Å²) in [4.78, 5) is 33.3.